The molecule has 0 amide bonds. The van der Waals surface area contributed by atoms with Crippen LogP contribution in [0.2, 0.25) is 0 Å². The van der Waals surface area contributed by atoms with Crippen LogP contribution in [0.4, 0.5) is 11.5 Å². The van der Waals surface area contributed by atoms with E-state index in [-0.39, 0.29) is 5.54 Å². The smallest absolute Gasteiger partial charge is 0.143 e. The predicted molar refractivity (Wildman–Crippen MR) is 73.3 cm³/mol. The van der Waals surface area contributed by atoms with E-state index in [1.807, 2.05) is 6.92 Å². The van der Waals surface area contributed by atoms with E-state index in [0.717, 1.165) is 29.0 Å². The molecule has 1 saturated heterocycles. The Morgan fingerprint density at radius 3 is 2.88 bits per heavy atom. The Morgan fingerprint density at radius 2 is 2.24 bits per heavy atom. The van der Waals surface area contributed by atoms with Crippen molar-refractivity contribution in [3.05, 3.63) is 16.2 Å². The molecule has 2 rings (SSSR count). The summed E-state index contributed by atoms with van der Waals surface area (Å²) in [7, 11) is 0. The quantitative estimate of drug-likeness (QED) is 0.865. The second kappa shape index (κ2) is 4.46. The number of hydrogen-bond donors (Lipinski definition) is 1. The first kappa shape index (κ1) is 12.6. The topological polar surface area (TPSA) is 51.4 Å². The van der Waals surface area contributed by atoms with Crippen molar-refractivity contribution >= 4 is 27.4 Å². The van der Waals surface area contributed by atoms with Gasteiger partial charge in [0.2, 0.25) is 0 Å². The van der Waals surface area contributed by atoms with Crippen molar-refractivity contribution in [1.82, 2.24) is 4.98 Å². The third-order valence-electron chi connectivity index (χ3n) is 3.19. The molecule has 17 heavy (non-hydrogen) atoms. The highest BCUT2D eigenvalue weighted by atomic mass is 79.9. The standard InChI is InChI=1S/C12H18BrN3O/c1-8-9(14)6-15-11(10(8)13)16-4-5-17-7-12(16,2)3/h6H,4-5,7,14H2,1-3H3. The highest BCUT2D eigenvalue weighted by Gasteiger charge is 2.32. The van der Waals surface area contributed by atoms with E-state index in [0.29, 0.717) is 12.3 Å². The van der Waals surface area contributed by atoms with E-state index in [1.165, 1.54) is 0 Å². The van der Waals surface area contributed by atoms with Crippen molar-refractivity contribution in [3.63, 3.8) is 0 Å². The second-order valence-corrected chi connectivity index (χ2v) is 5.79. The first-order valence-electron chi connectivity index (χ1n) is 5.69. The molecule has 0 saturated carbocycles. The molecule has 2 heterocycles. The molecule has 0 spiro atoms. The number of halogens is 1. The minimum atomic E-state index is -0.0453. The molecule has 1 aromatic heterocycles. The Labute approximate surface area is 110 Å². The maximum absolute atomic E-state index is 5.85. The Bertz CT molecular complexity index is 434. The zero-order valence-corrected chi connectivity index (χ0v) is 12.0. The molecule has 2 N–H and O–H groups in total. The molecular weight excluding hydrogens is 282 g/mol. The van der Waals surface area contributed by atoms with Gasteiger partial charge in [0, 0.05) is 6.54 Å². The largest absolute Gasteiger partial charge is 0.397 e. The maximum atomic E-state index is 5.85. The molecule has 0 aliphatic carbocycles. The molecule has 1 aromatic rings. The SMILES string of the molecule is Cc1c(N)cnc(N2CCOCC2(C)C)c1Br. The molecule has 5 heteroatoms. The summed E-state index contributed by atoms with van der Waals surface area (Å²) in [4.78, 5) is 6.73. The van der Waals surface area contributed by atoms with Gasteiger partial charge in [-0.25, -0.2) is 4.98 Å². The van der Waals surface area contributed by atoms with Crippen molar-refractivity contribution in [2.24, 2.45) is 0 Å². The fourth-order valence-corrected chi connectivity index (χ4v) is 2.56. The van der Waals surface area contributed by atoms with E-state index in [9.17, 15) is 0 Å². The van der Waals surface area contributed by atoms with Gasteiger partial charge in [-0.2, -0.15) is 0 Å². The lowest BCUT2D eigenvalue weighted by atomic mass is 10.0. The van der Waals surface area contributed by atoms with Gasteiger partial charge in [0.25, 0.3) is 0 Å². The molecule has 0 aromatic carbocycles. The highest BCUT2D eigenvalue weighted by Crippen LogP contribution is 2.34. The van der Waals surface area contributed by atoms with Gasteiger partial charge in [-0.15, -0.1) is 0 Å². The summed E-state index contributed by atoms with van der Waals surface area (Å²) in [5.41, 5.74) is 7.56. The van der Waals surface area contributed by atoms with Crippen molar-refractivity contribution < 1.29 is 4.74 Å². The minimum absolute atomic E-state index is 0.0453. The van der Waals surface area contributed by atoms with Crippen LogP contribution in [0.25, 0.3) is 0 Å². The fraction of sp³-hybridized carbons (Fsp3) is 0.583. The normalized spacial score (nSPS) is 19.4. The zero-order chi connectivity index (χ0) is 12.6. The summed E-state index contributed by atoms with van der Waals surface area (Å²) in [5.74, 6) is 0.949. The van der Waals surface area contributed by atoms with Crippen LogP contribution in [0.15, 0.2) is 10.7 Å². The molecular formula is C12H18BrN3O. The first-order valence-corrected chi connectivity index (χ1v) is 6.49. The number of morpholine rings is 1. The molecule has 0 radical (unpaired) electrons. The summed E-state index contributed by atoms with van der Waals surface area (Å²) >= 11 is 3.59. The van der Waals surface area contributed by atoms with Gasteiger partial charge in [0.05, 0.1) is 35.1 Å². The third kappa shape index (κ3) is 2.26. The lowest BCUT2D eigenvalue weighted by Crippen LogP contribution is -2.53. The third-order valence-corrected chi connectivity index (χ3v) is 4.13. The van der Waals surface area contributed by atoms with Crippen LogP contribution in [0.5, 0.6) is 0 Å². The monoisotopic (exact) mass is 299 g/mol. The Kier molecular flexibility index (Phi) is 3.32. The van der Waals surface area contributed by atoms with Gasteiger partial charge in [-0.1, -0.05) is 0 Å². The van der Waals surface area contributed by atoms with Gasteiger partial charge in [-0.3, -0.25) is 0 Å². The highest BCUT2D eigenvalue weighted by molar-refractivity contribution is 9.10. The van der Waals surface area contributed by atoms with Crippen LogP contribution in [0.3, 0.4) is 0 Å². The van der Waals surface area contributed by atoms with Crippen molar-refractivity contribution in [2.75, 3.05) is 30.4 Å². The molecule has 4 nitrogen and oxygen atoms in total. The Hall–Kier alpha value is -0.810. The number of ether oxygens (including phenoxy) is 1. The molecule has 0 unspecified atom stereocenters. The molecule has 1 fully saturated rings. The average Bonchev–Trinajstić information content (AvgIpc) is 2.27. The molecule has 94 valence electrons. The van der Waals surface area contributed by atoms with Crippen LogP contribution in [-0.4, -0.2) is 30.3 Å². The second-order valence-electron chi connectivity index (χ2n) is 4.99. The van der Waals surface area contributed by atoms with E-state index in [2.05, 4.69) is 39.7 Å². The van der Waals surface area contributed by atoms with Gasteiger partial charge >= 0.3 is 0 Å². The predicted octanol–water partition coefficient (Wildman–Crippen LogP) is 2.35. The van der Waals surface area contributed by atoms with Gasteiger partial charge < -0.3 is 15.4 Å². The summed E-state index contributed by atoms with van der Waals surface area (Å²) < 4.78 is 6.50. The summed E-state index contributed by atoms with van der Waals surface area (Å²) in [6, 6.07) is 0. The summed E-state index contributed by atoms with van der Waals surface area (Å²) in [6.45, 7) is 8.61. The Balaban J connectivity index is 2.43. The van der Waals surface area contributed by atoms with E-state index < -0.39 is 0 Å². The van der Waals surface area contributed by atoms with E-state index in [4.69, 9.17) is 10.5 Å². The van der Waals surface area contributed by atoms with Crippen LogP contribution in [0.1, 0.15) is 19.4 Å². The van der Waals surface area contributed by atoms with Gasteiger partial charge in [0.15, 0.2) is 0 Å². The number of hydrogen-bond acceptors (Lipinski definition) is 4. The fourth-order valence-electron chi connectivity index (χ4n) is 2.02. The number of rotatable bonds is 1. The molecule has 1 aliphatic heterocycles. The number of aromatic nitrogens is 1. The van der Waals surface area contributed by atoms with Crippen molar-refractivity contribution in [1.29, 1.82) is 0 Å². The number of nitrogen functional groups attached to an aromatic ring is 1. The summed E-state index contributed by atoms with van der Waals surface area (Å²) in [5, 5.41) is 0. The maximum Gasteiger partial charge on any atom is 0.143 e. The van der Waals surface area contributed by atoms with E-state index in [1.54, 1.807) is 6.20 Å². The Morgan fingerprint density at radius 1 is 1.53 bits per heavy atom. The molecule has 0 atom stereocenters. The minimum Gasteiger partial charge on any atom is -0.397 e. The zero-order valence-electron chi connectivity index (χ0n) is 10.5. The average molecular weight is 300 g/mol. The van der Waals surface area contributed by atoms with Gasteiger partial charge in [-0.05, 0) is 42.3 Å². The lowest BCUT2D eigenvalue weighted by Gasteiger charge is -2.43. The van der Waals surface area contributed by atoms with Crippen LogP contribution < -0.4 is 10.6 Å². The first-order chi connectivity index (χ1) is 7.93. The van der Waals surface area contributed by atoms with Crippen molar-refractivity contribution in [2.45, 2.75) is 26.3 Å². The number of nitrogens with zero attached hydrogens (tertiary/aromatic N) is 2. The summed E-state index contributed by atoms with van der Waals surface area (Å²) in [6.07, 6.45) is 1.72. The molecule has 0 bridgehead atoms. The van der Waals surface area contributed by atoms with Crippen LogP contribution in [-0.2, 0) is 4.74 Å². The van der Waals surface area contributed by atoms with Crippen molar-refractivity contribution in [3.8, 4) is 0 Å². The molecule has 1 aliphatic rings. The van der Waals surface area contributed by atoms with Crippen LogP contribution in [0, 0.1) is 6.92 Å². The number of anilines is 2. The number of pyridine rings is 1. The van der Waals surface area contributed by atoms with Gasteiger partial charge in [0.1, 0.15) is 5.82 Å². The lowest BCUT2D eigenvalue weighted by molar-refractivity contribution is 0.0638. The van der Waals surface area contributed by atoms with Crippen LogP contribution >= 0.6 is 15.9 Å². The number of nitrogens with two attached hydrogens (primary N) is 1. The van der Waals surface area contributed by atoms with E-state index >= 15 is 0 Å².